The van der Waals surface area contributed by atoms with Gasteiger partial charge in [-0.2, -0.15) is 10.4 Å². The molecular formula is C21H21N5O2. The van der Waals surface area contributed by atoms with Gasteiger partial charge in [0.05, 0.1) is 17.3 Å². The van der Waals surface area contributed by atoms with Crippen molar-refractivity contribution in [2.24, 2.45) is 0 Å². The number of benzene rings is 2. The van der Waals surface area contributed by atoms with Gasteiger partial charge in [-0.05, 0) is 42.8 Å². The Bertz CT molecular complexity index is 989. The minimum absolute atomic E-state index is 0.298. The minimum atomic E-state index is -0.877. The highest BCUT2D eigenvalue weighted by atomic mass is 16.5. The molecule has 0 spiro atoms. The molecule has 7 heteroatoms. The molecule has 7 nitrogen and oxygen atoms in total. The molecule has 0 aliphatic rings. The molecule has 0 aliphatic heterocycles. The van der Waals surface area contributed by atoms with Crippen LogP contribution in [0, 0.1) is 11.3 Å². The fourth-order valence-electron chi connectivity index (χ4n) is 2.72. The zero-order chi connectivity index (χ0) is 19.9. The molecule has 0 saturated heterocycles. The molecular weight excluding hydrogens is 354 g/mol. The van der Waals surface area contributed by atoms with E-state index >= 15 is 0 Å². The van der Waals surface area contributed by atoms with E-state index in [1.165, 1.54) is 4.68 Å². The minimum Gasteiger partial charge on any atom is -0.399 e. The Labute approximate surface area is 163 Å². The van der Waals surface area contributed by atoms with Gasteiger partial charge in [0, 0.05) is 30.6 Å². The van der Waals surface area contributed by atoms with Crippen LogP contribution >= 0.6 is 0 Å². The van der Waals surface area contributed by atoms with Gasteiger partial charge in [-0.1, -0.05) is 24.3 Å². The zero-order valence-electron chi connectivity index (χ0n) is 15.5. The lowest BCUT2D eigenvalue weighted by atomic mass is 10.1. The summed E-state index contributed by atoms with van der Waals surface area (Å²) in [7, 11) is 0. The topological polar surface area (TPSA) is 106 Å². The molecule has 1 heterocycles. The molecule has 0 bridgehead atoms. The third-order valence-electron chi connectivity index (χ3n) is 4.13. The van der Waals surface area contributed by atoms with Crippen LogP contribution in [0.25, 0.3) is 11.3 Å². The molecule has 0 fully saturated rings. The second kappa shape index (κ2) is 8.84. The Hall–Kier alpha value is -3.63. The number of ether oxygens (including phenoxy) is 1. The first-order valence-electron chi connectivity index (χ1n) is 8.90. The van der Waals surface area contributed by atoms with Crippen LogP contribution in [0.1, 0.15) is 24.3 Å². The molecule has 3 rings (SSSR count). The molecule has 3 aromatic rings. The third-order valence-corrected chi connectivity index (χ3v) is 4.13. The Balaban J connectivity index is 1.71. The molecule has 1 amide bonds. The summed E-state index contributed by atoms with van der Waals surface area (Å²) in [6.07, 6.45) is 0.832. The van der Waals surface area contributed by atoms with Crippen LogP contribution in [0.2, 0.25) is 0 Å². The summed E-state index contributed by atoms with van der Waals surface area (Å²) in [6, 6.07) is 18.3. The van der Waals surface area contributed by atoms with Gasteiger partial charge in [-0.25, -0.2) is 4.68 Å². The normalized spacial score (nSPS) is 11.6. The van der Waals surface area contributed by atoms with Gasteiger partial charge < -0.3 is 15.8 Å². The number of hydrogen-bond donors (Lipinski definition) is 2. The maximum Gasteiger partial charge on any atom is 0.272 e. The van der Waals surface area contributed by atoms with Crippen LogP contribution in [0.5, 0.6) is 0 Å². The molecule has 142 valence electrons. The van der Waals surface area contributed by atoms with Gasteiger partial charge in [0.25, 0.3) is 5.91 Å². The van der Waals surface area contributed by atoms with Crippen LogP contribution in [-0.4, -0.2) is 22.3 Å². The van der Waals surface area contributed by atoms with Gasteiger partial charge >= 0.3 is 0 Å². The lowest BCUT2D eigenvalue weighted by Crippen LogP contribution is -2.34. The summed E-state index contributed by atoms with van der Waals surface area (Å²) < 4.78 is 7.10. The average molecular weight is 375 g/mol. The fourth-order valence-corrected chi connectivity index (χ4v) is 2.72. The number of rotatable bonds is 7. The van der Waals surface area contributed by atoms with Crippen molar-refractivity contribution in [3.05, 3.63) is 71.9 Å². The highest BCUT2D eigenvalue weighted by Gasteiger charge is 2.21. The molecule has 0 aliphatic carbocycles. The quantitative estimate of drug-likeness (QED) is 0.618. The number of nitriles is 1. The van der Waals surface area contributed by atoms with E-state index in [2.05, 4.69) is 16.5 Å². The van der Waals surface area contributed by atoms with Crippen molar-refractivity contribution in [1.29, 1.82) is 5.26 Å². The maximum absolute atomic E-state index is 12.7. The van der Waals surface area contributed by atoms with Crippen molar-refractivity contribution in [2.45, 2.75) is 19.7 Å². The van der Waals surface area contributed by atoms with Crippen molar-refractivity contribution < 1.29 is 9.53 Å². The summed E-state index contributed by atoms with van der Waals surface area (Å²) in [6.45, 7) is 2.52. The lowest BCUT2D eigenvalue weighted by molar-refractivity contribution is -0.139. The van der Waals surface area contributed by atoms with Crippen LogP contribution in [0.15, 0.2) is 60.8 Å². The predicted octanol–water partition coefficient (Wildman–Crippen LogP) is 2.86. The van der Waals surface area contributed by atoms with E-state index in [1.54, 1.807) is 36.5 Å². The van der Waals surface area contributed by atoms with Gasteiger partial charge in [0.1, 0.15) is 0 Å². The number of nitrogens with zero attached hydrogens (tertiary/aromatic N) is 3. The van der Waals surface area contributed by atoms with Crippen molar-refractivity contribution in [2.75, 3.05) is 12.3 Å². The van der Waals surface area contributed by atoms with Crippen LogP contribution in [-0.2, 0) is 16.1 Å². The van der Waals surface area contributed by atoms with Gasteiger partial charge in [-0.3, -0.25) is 4.79 Å². The second-order valence-electron chi connectivity index (χ2n) is 6.14. The summed E-state index contributed by atoms with van der Waals surface area (Å²) in [5.41, 5.74) is 9.52. The molecule has 28 heavy (non-hydrogen) atoms. The number of carbonyl (C=O) groups is 1. The summed E-state index contributed by atoms with van der Waals surface area (Å²) >= 11 is 0. The fraction of sp³-hybridized carbons (Fsp3) is 0.190. The zero-order valence-corrected chi connectivity index (χ0v) is 15.5. The van der Waals surface area contributed by atoms with Gasteiger partial charge in [0.2, 0.25) is 6.23 Å². The van der Waals surface area contributed by atoms with E-state index in [-0.39, 0.29) is 5.91 Å². The van der Waals surface area contributed by atoms with Gasteiger partial charge in [-0.15, -0.1) is 0 Å². The molecule has 3 N–H and O–H groups in total. The van der Waals surface area contributed by atoms with Gasteiger partial charge in [0.15, 0.2) is 0 Å². The predicted molar refractivity (Wildman–Crippen MR) is 106 cm³/mol. The van der Waals surface area contributed by atoms with E-state index in [4.69, 9.17) is 15.7 Å². The number of anilines is 1. The molecule has 0 radical (unpaired) electrons. The Morgan fingerprint density at radius 1 is 1.29 bits per heavy atom. The highest BCUT2D eigenvalue weighted by molar-refractivity contribution is 5.79. The first-order chi connectivity index (χ1) is 13.6. The molecule has 2 aromatic carbocycles. The highest BCUT2D eigenvalue weighted by Crippen LogP contribution is 2.21. The first-order valence-corrected chi connectivity index (χ1v) is 8.90. The second-order valence-corrected chi connectivity index (χ2v) is 6.14. The summed E-state index contributed by atoms with van der Waals surface area (Å²) in [5.74, 6) is -0.298. The molecule has 1 aromatic heterocycles. The van der Waals surface area contributed by atoms with E-state index in [0.29, 0.717) is 30.1 Å². The van der Waals surface area contributed by atoms with Crippen LogP contribution in [0.3, 0.4) is 0 Å². The molecule has 0 saturated carbocycles. The van der Waals surface area contributed by atoms with E-state index in [9.17, 15) is 4.79 Å². The number of carbonyl (C=O) groups excluding carboxylic acids is 1. The Morgan fingerprint density at radius 3 is 2.75 bits per heavy atom. The Kier molecular flexibility index (Phi) is 6.04. The average Bonchev–Trinajstić information content (AvgIpc) is 3.20. The van der Waals surface area contributed by atoms with Crippen LogP contribution < -0.4 is 11.1 Å². The summed E-state index contributed by atoms with van der Waals surface area (Å²) in [4.78, 5) is 12.7. The van der Waals surface area contributed by atoms with Crippen LogP contribution in [0.4, 0.5) is 5.69 Å². The smallest absolute Gasteiger partial charge is 0.272 e. The van der Waals surface area contributed by atoms with E-state index < -0.39 is 6.23 Å². The van der Waals surface area contributed by atoms with E-state index in [1.807, 2.05) is 31.2 Å². The summed E-state index contributed by atoms with van der Waals surface area (Å²) in [5, 5.41) is 16.2. The Morgan fingerprint density at radius 2 is 2.07 bits per heavy atom. The largest absolute Gasteiger partial charge is 0.399 e. The maximum atomic E-state index is 12.7. The SMILES string of the molecule is CCO[C@@H](C(=O)NCc1ccc(C#N)cc1)n1ccc(-c2cccc(N)c2)n1. The number of amides is 1. The van der Waals surface area contributed by atoms with Crippen molar-refractivity contribution in [3.63, 3.8) is 0 Å². The van der Waals surface area contributed by atoms with Crippen molar-refractivity contribution in [3.8, 4) is 17.3 Å². The van der Waals surface area contributed by atoms with Crippen molar-refractivity contribution >= 4 is 11.6 Å². The first kappa shape index (κ1) is 19.1. The number of nitrogens with one attached hydrogen (secondary N) is 1. The standard InChI is InChI=1S/C21H21N5O2/c1-2-28-21(20(27)24-14-16-8-6-15(13-22)7-9-16)26-11-10-19(25-26)17-4-3-5-18(23)12-17/h3-12,21H,2,14,23H2,1H3,(H,24,27)/t21-/m0/s1. The lowest BCUT2D eigenvalue weighted by Gasteiger charge is -2.17. The number of nitrogen functional groups attached to an aromatic ring is 1. The van der Waals surface area contributed by atoms with E-state index in [0.717, 1.165) is 11.1 Å². The molecule has 0 unspecified atom stereocenters. The third kappa shape index (κ3) is 4.55. The van der Waals surface area contributed by atoms with Crippen molar-refractivity contribution in [1.82, 2.24) is 15.1 Å². The number of nitrogens with two attached hydrogens (primary N) is 1. The molecule has 1 atom stereocenters. The number of aromatic nitrogens is 2. The number of hydrogen-bond acceptors (Lipinski definition) is 5. The monoisotopic (exact) mass is 375 g/mol.